The van der Waals surface area contributed by atoms with Crippen LogP contribution in [-0.4, -0.2) is 23.7 Å². The van der Waals surface area contributed by atoms with Crippen molar-refractivity contribution in [1.82, 2.24) is 10.4 Å². The Balaban J connectivity index is 1.26. The predicted octanol–water partition coefficient (Wildman–Crippen LogP) is 7.18. The van der Waals surface area contributed by atoms with Crippen LogP contribution in [0.25, 0.3) is 22.0 Å². The average Bonchev–Trinajstić information content (AvgIpc) is 3.39. The molecule has 0 atom stereocenters. The fourth-order valence-electron chi connectivity index (χ4n) is 3.93. The summed E-state index contributed by atoms with van der Waals surface area (Å²) in [6, 6.07) is 27.5. The molecular weight excluding hydrogens is 480 g/mol. The van der Waals surface area contributed by atoms with Crippen molar-refractivity contribution in [2.45, 2.75) is 13.8 Å². The Labute approximate surface area is 219 Å². The van der Waals surface area contributed by atoms with Crippen molar-refractivity contribution in [3.8, 4) is 17.0 Å². The summed E-state index contributed by atoms with van der Waals surface area (Å²) >= 11 is 1.54. The number of ether oxygens (including phenoxy) is 1. The average molecular weight is 507 g/mol. The van der Waals surface area contributed by atoms with Gasteiger partial charge in [0.2, 0.25) is 0 Å². The van der Waals surface area contributed by atoms with Gasteiger partial charge in [-0.2, -0.15) is 5.10 Å². The Bertz CT molecular complexity index is 1560. The Morgan fingerprint density at radius 3 is 2.57 bits per heavy atom. The summed E-state index contributed by atoms with van der Waals surface area (Å²) in [4.78, 5) is 17.4. The molecule has 1 amide bonds. The molecule has 0 unspecified atom stereocenters. The molecule has 7 heteroatoms. The van der Waals surface area contributed by atoms with Crippen molar-refractivity contribution in [1.29, 1.82) is 0 Å². The lowest BCUT2D eigenvalue weighted by Crippen LogP contribution is -2.17. The van der Waals surface area contributed by atoms with Crippen LogP contribution in [-0.2, 0) is 0 Å². The highest BCUT2D eigenvalue weighted by molar-refractivity contribution is 7.14. The second-order valence-electron chi connectivity index (χ2n) is 8.44. The summed E-state index contributed by atoms with van der Waals surface area (Å²) < 4.78 is 5.77. The Morgan fingerprint density at radius 1 is 1.00 bits per heavy atom. The van der Waals surface area contributed by atoms with Crippen LogP contribution in [0, 0.1) is 6.92 Å². The molecule has 6 nitrogen and oxygen atoms in total. The van der Waals surface area contributed by atoms with Gasteiger partial charge in [-0.05, 0) is 55.0 Å². The standard InChI is InChI=1S/C30H26N4O2S/c1-3-36-28-17-14-21-6-4-5-7-25(21)26(28)18-31-34-29(35)23-12-10-22(11-13-23)27-19-37-30(33-27)32-24-15-8-20(2)9-16-24/h4-19H,3H2,1-2H3,(H,32,33)(H,34,35)/b31-18-. The van der Waals surface area contributed by atoms with Gasteiger partial charge in [0.25, 0.3) is 5.91 Å². The van der Waals surface area contributed by atoms with E-state index >= 15 is 0 Å². The monoisotopic (exact) mass is 506 g/mol. The number of nitrogens with one attached hydrogen (secondary N) is 2. The quantitative estimate of drug-likeness (QED) is 0.173. The smallest absolute Gasteiger partial charge is 0.271 e. The summed E-state index contributed by atoms with van der Waals surface area (Å²) in [5, 5.41) is 12.4. The lowest BCUT2D eigenvalue weighted by molar-refractivity contribution is 0.0955. The molecule has 0 saturated heterocycles. The third-order valence-corrected chi connectivity index (χ3v) is 6.60. The number of nitrogens with zero attached hydrogens (tertiary/aromatic N) is 2. The molecule has 37 heavy (non-hydrogen) atoms. The number of rotatable bonds is 8. The molecule has 0 aliphatic carbocycles. The minimum Gasteiger partial charge on any atom is -0.493 e. The minimum atomic E-state index is -0.291. The van der Waals surface area contributed by atoms with Gasteiger partial charge in [0, 0.05) is 27.8 Å². The summed E-state index contributed by atoms with van der Waals surface area (Å²) in [5.74, 6) is 0.434. The van der Waals surface area contributed by atoms with Gasteiger partial charge in [0.15, 0.2) is 5.13 Å². The Hall–Kier alpha value is -4.49. The first-order valence-electron chi connectivity index (χ1n) is 12.0. The first kappa shape index (κ1) is 24.2. The summed E-state index contributed by atoms with van der Waals surface area (Å²) in [5.41, 5.74) is 7.96. The van der Waals surface area contributed by atoms with Gasteiger partial charge in [-0.1, -0.05) is 60.2 Å². The number of fused-ring (bicyclic) bond motifs is 1. The molecule has 1 aromatic heterocycles. The molecule has 5 rings (SSSR count). The van der Waals surface area contributed by atoms with E-state index < -0.39 is 0 Å². The number of aromatic nitrogens is 1. The topological polar surface area (TPSA) is 75.6 Å². The molecule has 0 bridgehead atoms. The molecule has 0 radical (unpaired) electrons. The Morgan fingerprint density at radius 2 is 1.78 bits per heavy atom. The maximum atomic E-state index is 12.7. The zero-order chi connectivity index (χ0) is 25.6. The maximum Gasteiger partial charge on any atom is 0.271 e. The molecule has 0 aliphatic heterocycles. The Kier molecular flexibility index (Phi) is 7.23. The summed E-state index contributed by atoms with van der Waals surface area (Å²) in [6.07, 6.45) is 1.64. The van der Waals surface area contributed by atoms with Gasteiger partial charge in [-0.25, -0.2) is 10.4 Å². The highest BCUT2D eigenvalue weighted by atomic mass is 32.1. The molecule has 5 aromatic rings. The molecule has 0 spiro atoms. The fraction of sp³-hybridized carbons (Fsp3) is 0.100. The highest BCUT2D eigenvalue weighted by Crippen LogP contribution is 2.28. The van der Waals surface area contributed by atoms with Crippen LogP contribution in [0.4, 0.5) is 10.8 Å². The van der Waals surface area contributed by atoms with E-state index in [-0.39, 0.29) is 5.91 Å². The van der Waals surface area contributed by atoms with E-state index in [0.717, 1.165) is 44.2 Å². The number of hydrazone groups is 1. The number of aryl methyl sites for hydroxylation is 1. The summed E-state index contributed by atoms with van der Waals surface area (Å²) in [6.45, 7) is 4.54. The number of carbonyl (C=O) groups excluding carboxylic acids is 1. The number of hydrogen-bond donors (Lipinski definition) is 2. The molecule has 0 fully saturated rings. The van der Waals surface area contributed by atoms with E-state index in [9.17, 15) is 4.79 Å². The third kappa shape index (κ3) is 5.68. The van der Waals surface area contributed by atoms with Gasteiger partial charge in [0.05, 0.1) is 18.5 Å². The zero-order valence-corrected chi connectivity index (χ0v) is 21.4. The van der Waals surface area contributed by atoms with E-state index in [2.05, 4.69) is 39.9 Å². The number of hydrogen-bond acceptors (Lipinski definition) is 6. The van der Waals surface area contributed by atoms with Crippen molar-refractivity contribution in [3.05, 3.63) is 107 Å². The predicted molar refractivity (Wildman–Crippen MR) is 152 cm³/mol. The number of carbonyl (C=O) groups is 1. The largest absolute Gasteiger partial charge is 0.493 e. The highest BCUT2D eigenvalue weighted by Gasteiger charge is 2.10. The second-order valence-corrected chi connectivity index (χ2v) is 9.30. The number of anilines is 2. The molecule has 0 aliphatic rings. The first-order chi connectivity index (χ1) is 18.1. The van der Waals surface area contributed by atoms with Gasteiger partial charge in [-0.15, -0.1) is 11.3 Å². The van der Waals surface area contributed by atoms with E-state index in [1.807, 2.05) is 73.0 Å². The minimum absolute atomic E-state index is 0.291. The van der Waals surface area contributed by atoms with Crippen LogP contribution in [0.2, 0.25) is 0 Å². The second kappa shape index (κ2) is 11.1. The lowest BCUT2D eigenvalue weighted by atomic mass is 10.0. The van der Waals surface area contributed by atoms with E-state index in [0.29, 0.717) is 12.2 Å². The summed E-state index contributed by atoms with van der Waals surface area (Å²) in [7, 11) is 0. The van der Waals surface area contributed by atoms with Gasteiger partial charge < -0.3 is 10.1 Å². The van der Waals surface area contributed by atoms with Crippen molar-refractivity contribution in [2.75, 3.05) is 11.9 Å². The zero-order valence-electron chi connectivity index (χ0n) is 20.6. The molecule has 4 aromatic carbocycles. The van der Waals surface area contributed by atoms with Gasteiger partial charge >= 0.3 is 0 Å². The number of benzene rings is 4. The third-order valence-electron chi connectivity index (χ3n) is 5.84. The van der Waals surface area contributed by atoms with Crippen LogP contribution in [0.15, 0.2) is 95.4 Å². The van der Waals surface area contributed by atoms with E-state index in [1.165, 1.54) is 16.9 Å². The van der Waals surface area contributed by atoms with Crippen molar-refractivity contribution in [2.24, 2.45) is 5.10 Å². The van der Waals surface area contributed by atoms with Gasteiger partial charge in [0.1, 0.15) is 5.75 Å². The van der Waals surface area contributed by atoms with E-state index in [4.69, 9.17) is 4.74 Å². The van der Waals surface area contributed by atoms with Crippen LogP contribution in [0.5, 0.6) is 5.75 Å². The number of amides is 1. The lowest BCUT2D eigenvalue weighted by Gasteiger charge is -2.10. The van der Waals surface area contributed by atoms with Crippen molar-refractivity contribution < 1.29 is 9.53 Å². The van der Waals surface area contributed by atoms with Crippen molar-refractivity contribution in [3.63, 3.8) is 0 Å². The molecule has 184 valence electrons. The SMILES string of the molecule is CCOc1ccc2ccccc2c1/C=N\NC(=O)c1ccc(-c2csc(Nc3ccc(C)cc3)n2)cc1. The van der Waals surface area contributed by atoms with Crippen LogP contribution in [0.3, 0.4) is 0 Å². The first-order valence-corrected chi connectivity index (χ1v) is 12.9. The molecule has 1 heterocycles. The van der Waals surface area contributed by atoms with Crippen LogP contribution < -0.4 is 15.5 Å². The maximum absolute atomic E-state index is 12.7. The number of thiazole rings is 1. The molecular formula is C30H26N4O2S. The van der Waals surface area contributed by atoms with Crippen molar-refractivity contribution >= 4 is 45.0 Å². The van der Waals surface area contributed by atoms with Crippen LogP contribution in [0.1, 0.15) is 28.4 Å². The normalized spacial score (nSPS) is 11.1. The van der Waals surface area contributed by atoms with Crippen LogP contribution >= 0.6 is 11.3 Å². The van der Waals surface area contributed by atoms with Gasteiger partial charge in [-0.3, -0.25) is 4.79 Å². The molecule has 2 N–H and O–H groups in total. The fourth-order valence-corrected chi connectivity index (χ4v) is 4.67. The van der Waals surface area contributed by atoms with E-state index in [1.54, 1.807) is 18.3 Å². The molecule has 0 saturated carbocycles.